The number of nitrogen functional groups attached to an aromatic ring is 1. The Morgan fingerprint density at radius 3 is 2.53 bits per heavy atom. The van der Waals surface area contributed by atoms with Crippen molar-refractivity contribution in [3.8, 4) is 0 Å². The van der Waals surface area contributed by atoms with E-state index in [1.165, 1.54) is 0 Å². The molecule has 0 saturated carbocycles. The average Bonchev–Trinajstić information content (AvgIpc) is 2.35. The Hall–Kier alpha value is -1.71. The van der Waals surface area contributed by atoms with E-state index in [9.17, 15) is 4.79 Å². The molecule has 0 aliphatic heterocycles. The highest BCUT2D eigenvalue weighted by atomic mass is 16.1. The van der Waals surface area contributed by atoms with Gasteiger partial charge in [-0.25, -0.2) is 0 Å². The molecular weight excluding hydrogens is 214 g/mol. The second-order valence-electron chi connectivity index (χ2n) is 3.95. The van der Waals surface area contributed by atoms with Crippen LogP contribution in [-0.2, 0) is 4.79 Å². The molecule has 0 atom stereocenters. The normalized spacial score (nSPS) is 10.0. The van der Waals surface area contributed by atoms with Crippen molar-refractivity contribution in [1.82, 2.24) is 5.32 Å². The number of benzene rings is 1. The second kappa shape index (κ2) is 6.78. The summed E-state index contributed by atoms with van der Waals surface area (Å²) in [6.07, 6.45) is 1.43. The van der Waals surface area contributed by atoms with Gasteiger partial charge in [0.25, 0.3) is 0 Å². The predicted octanol–water partition coefficient (Wildman–Crippen LogP) is 1.62. The first-order valence-corrected chi connectivity index (χ1v) is 5.98. The van der Waals surface area contributed by atoms with Gasteiger partial charge in [-0.05, 0) is 37.6 Å². The predicted molar refractivity (Wildman–Crippen MR) is 72.0 cm³/mol. The largest absolute Gasteiger partial charge is 0.399 e. The Balaban J connectivity index is 2.48. The van der Waals surface area contributed by atoms with E-state index in [-0.39, 0.29) is 5.91 Å². The van der Waals surface area contributed by atoms with Crippen LogP contribution in [-0.4, -0.2) is 26.0 Å². The van der Waals surface area contributed by atoms with Crippen molar-refractivity contribution >= 4 is 17.3 Å². The van der Waals surface area contributed by atoms with E-state index in [1.54, 1.807) is 7.05 Å². The van der Waals surface area contributed by atoms with Crippen molar-refractivity contribution in [2.45, 2.75) is 19.8 Å². The summed E-state index contributed by atoms with van der Waals surface area (Å²) in [5, 5.41) is 2.63. The lowest BCUT2D eigenvalue weighted by atomic mass is 10.2. The van der Waals surface area contributed by atoms with Crippen molar-refractivity contribution < 1.29 is 4.79 Å². The van der Waals surface area contributed by atoms with E-state index in [0.717, 1.165) is 30.9 Å². The summed E-state index contributed by atoms with van der Waals surface area (Å²) in [4.78, 5) is 13.4. The minimum absolute atomic E-state index is 0.0957. The maximum Gasteiger partial charge on any atom is 0.219 e. The van der Waals surface area contributed by atoms with Crippen LogP contribution in [0.25, 0.3) is 0 Å². The molecule has 0 aliphatic rings. The van der Waals surface area contributed by atoms with Gasteiger partial charge in [-0.15, -0.1) is 0 Å². The third-order valence-electron chi connectivity index (χ3n) is 2.75. The van der Waals surface area contributed by atoms with Crippen molar-refractivity contribution in [3.63, 3.8) is 0 Å². The summed E-state index contributed by atoms with van der Waals surface area (Å²) in [6, 6.07) is 7.82. The van der Waals surface area contributed by atoms with Crippen LogP contribution in [0.5, 0.6) is 0 Å². The Labute approximate surface area is 103 Å². The highest BCUT2D eigenvalue weighted by molar-refractivity contribution is 5.75. The molecule has 0 fully saturated rings. The molecular formula is C13H21N3O. The molecule has 0 spiro atoms. The maximum absolute atomic E-state index is 11.1. The Morgan fingerprint density at radius 2 is 2.00 bits per heavy atom. The van der Waals surface area contributed by atoms with Gasteiger partial charge in [-0.1, -0.05) is 0 Å². The van der Waals surface area contributed by atoms with Crippen molar-refractivity contribution in [2.24, 2.45) is 0 Å². The Kier molecular flexibility index (Phi) is 5.33. The highest BCUT2D eigenvalue weighted by Crippen LogP contribution is 2.16. The van der Waals surface area contributed by atoms with Crippen molar-refractivity contribution in [2.75, 3.05) is 30.8 Å². The molecule has 1 aromatic rings. The number of carbonyl (C=O) groups is 1. The maximum atomic E-state index is 11.1. The topological polar surface area (TPSA) is 58.4 Å². The van der Waals surface area contributed by atoms with Gasteiger partial charge >= 0.3 is 0 Å². The molecule has 0 saturated heterocycles. The first-order valence-electron chi connectivity index (χ1n) is 5.98. The number of hydrogen-bond acceptors (Lipinski definition) is 3. The minimum Gasteiger partial charge on any atom is -0.399 e. The number of amides is 1. The molecule has 94 valence electrons. The lowest BCUT2D eigenvalue weighted by molar-refractivity contribution is -0.120. The van der Waals surface area contributed by atoms with Crippen LogP contribution >= 0.6 is 0 Å². The molecule has 4 nitrogen and oxygen atoms in total. The van der Waals surface area contributed by atoms with Crippen molar-refractivity contribution in [3.05, 3.63) is 24.3 Å². The fourth-order valence-electron chi connectivity index (χ4n) is 1.71. The quantitative estimate of drug-likeness (QED) is 0.737. The molecule has 0 unspecified atom stereocenters. The number of anilines is 2. The van der Waals surface area contributed by atoms with Crippen LogP contribution in [0, 0.1) is 0 Å². The van der Waals surface area contributed by atoms with Gasteiger partial charge in [0.05, 0.1) is 0 Å². The summed E-state index contributed by atoms with van der Waals surface area (Å²) < 4.78 is 0. The van der Waals surface area contributed by atoms with E-state index in [4.69, 9.17) is 5.73 Å². The highest BCUT2D eigenvalue weighted by Gasteiger charge is 2.05. The zero-order valence-electron chi connectivity index (χ0n) is 10.6. The number of nitrogens with two attached hydrogens (primary N) is 1. The molecule has 0 heterocycles. The van der Waals surface area contributed by atoms with Crippen molar-refractivity contribution in [1.29, 1.82) is 0 Å². The molecule has 17 heavy (non-hydrogen) atoms. The van der Waals surface area contributed by atoms with Crippen LogP contribution in [0.2, 0.25) is 0 Å². The third kappa shape index (κ3) is 4.34. The molecule has 4 heteroatoms. The lowest BCUT2D eigenvalue weighted by Crippen LogP contribution is -2.26. The standard InChI is InChI=1S/C13H21N3O/c1-3-16(10-4-5-13(17)15-2)12-8-6-11(14)7-9-12/h6-9H,3-5,10,14H2,1-2H3,(H,15,17). The zero-order valence-corrected chi connectivity index (χ0v) is 10.6. The molecule has 3 N–H and O–H groups in total. The van der Waals surface area contributed by atoms with E-state index in [2.05, 4.69) is 17.1 Å². The van der Waals surface area contributed by atoms with Gasteiger partial charge in [-0.3, -0.25) is 4.79 Å². The average molecular weight is 235 g/mol. The third-order valence-corrected chi connectivity index (χ3v) is 2.75. The summed E-state index contributed by atoms with van der Waals surface area (Å²) in [7, 11) is 1.67. The Morgan fingerprint density at radius 1 is 1.35 bits per heavy atom. The van der Waals surface area contributed by atoms with Gasteiger partial charge in [-0.2, -0.15) is 0 Å². The van der Waals surface area contributed by atoms with E-state index >= 15 is 0 Å². The van der Waals surface area contributed by atoms with Crippen LogP contribution in [0.15, 0.2) is 24.3 Å². The summed E-state index contributed by atoms with van der Waals surface area (Å²) >= 11 is 0. The number of nitrogens with zero attached hydrogens (tertiary/aromatic N) is 1. The van der Waals surface area contributed by atoms with Crippen LogP contribution in [0.3, 0.4) is 0 Å². The SMILES string of the molecule is CCN(CCCC(=O)NC)c1ccc(N)cc1. The first kappa shape index (κ1) is 13.4. The summed E-state index contributed by atoms with van der Waals surface area (Å²) in [5.74, 6) is 0.0957. The minimum atomic E-state index is 0.0957. The van der Waals surface area contributed by atoms with Gasteiger partial charge in [0.1, 0.15) is 0 Å². The summed E-state index contributed by atoms with van der Waals surface area (Å²) in [6.45, 7) is 3.92. The van der Waals surface area contributed by atoms with Crippen LogP contribution < -0.4 is 16.0 Å². The van der Waals surface area contributed by atoms with Gasteiger partial charge in [0, 0.05) is 37.9 Å². The zero-order chi connectivity index (χ0) is 12.7. The number of hydrogen-bond donors (Lipinski definition) is 2. The van der Waals surface area contributed by atoms with Gasteiger partial charge < -0.3 is 16.0 Å². The summed E-state index contributed by atoms with van der Waals surface area (Å²) in [5.41, 5.74) is 7.58. The van der Waals surface area contributed by atoms with Crippen LogP contribution in [0.1, 0.15) is 19.8 Å². The number of nitrogens with one attached hydrogen (secondary N) is 1. The smallest absolute Gasteiger partial charge is 0.219 e. The van der Waals surface area contributed by atoms with Gasteiger partial charge in [0.2, 0.25) is 5.91 Å². The first-order chi connectivity index (χ1) is 8.17. The molecule has 1 aromatic carbocycles. The lowest BCUT2D eigenvalue weighted by Gasteiger charge is -2.23. The van der Waals surface area contributed by atoms with Gasteiger partial charge in [0.15, 0.2) is 0 Å². The van der Waals surface area contributed by atoms with Crippen LogP contribution in [0.4, 0.5) is 11.4 Å². The molecule has 0 bridgehead atoms. The van der Waals surface area contributed by atoms with E-state index in [0.29, 0.717) is 6.42 Å². The molecule has 0 aliphatic carbocycles. The molecule has 0 aromatic heterocycles. The molecule has 1 rings (SSSR count). The fraction of sp³-hybridized carbons (Fsp3) is 0.462. The second-order valence-corrected chi connectivity index (χ2v) is 3.95. The molecule has 0 radical (unpaired) electrons. The Bertz CT molecular complexity index is 348. The number of carbonyl (C=O) groups excluding carboxylic acids is 1. The molecule has 1 amide bonds. The fourth-order valence-corrected chi connectivity index (χ4v) is 1.71. The number of rotatable bonds is 6. The van der Waals surface area contributed by atoms with E-state index in [1.807, 2.05) is 24.3 Å². The monoisotopic (exact) mass is 235 g/mol. The van der Waals surface area contributed by atoms with E-state index < -0.39 is 0 Å².